The van der Waals surface area contributed by atoms with Crippen molar-refractivity contribution < 1.29 is 9.47 Å². The van der Waals surface area contributed by atoms with Gasteiger partial charge in [-0.2, -0.15) is 5.10 Å². The number of nitrogens with one attached hydrogen (secondary N) is 1. The zero-order chi connectivity index (χ0) is 16.5. The summed E-state index contributed by atoms with van der Waals surface area (Å²) in [7, 11) is 1.72. The number of H-pyrrole nitrogens is 1. The van der Waals surface area contributed by atoms with Crippen LogP contribution in [0.3, 0.4) is 0 Å². The molecule has 3 heterocycles. The second-order valence-corrected chi connectivity index (χ2v) is 6.89. The summed E-state index contributed by atoms with van der Waals surface area (Å²) < 4.78 is 11.0. The lowest BCUT2D eigenvalue weighted by Crippen LogP contribution is -2.20. The molecule has 0 aliphatic carbocycles. The van der Waals surface area contributed by atoms with Crippen molar-refractivity contribution in [3.63, 3.8) is 0 Å². The standard InChI is InChI=1S/C19H25N3O2/c1-13-9-14(3-4-18(13)23-2)10-22-7-5-15(11-22)19-16-12-24-8-6-17(16)20-21-19/h3-4,9,15H,5-8,10-12H2,1-2H3,(H,20,21). The first-order valence-electron chi connectivity index (χ1n) is 8.74. The molecule has 1 saturated heterocycles. The first kappa shape index (κ1) is 15.7. The lowest BCUT2D eigenvalue weighted by molar-refractivity contribution is 0.109. The minimum absolute atomic E-state index is 0.519. The molecule has 0 spiro atoms. The van der Waals surface area contributed by atoms with Crippen molar-refractivity contribution in [2.75, 3.05) is 26.8 Å². The van der Waals surface area contributed by atoms with E-state index in [1.165, 1.54) is 34.5 Å². The van der Waals surface area contributed by atoms with Crippen LogP contribution in [0.25, 0.3) is 0 Å². The number of benzene rings is 1. The molecule has 1 atom stereocenters. The van der Waals surface area contributed by atoms with Gasteiger partial charge in [0, 0.05) is 36.7 Å². The molecule has 0 radical (unpaired) electrons. The Labute approximate surface area is 143 Å². The number of likely N-dealkylation sites (tertiary alicyclic amines) is 1. The highest BCUT2D eigenvalue weighted by Crippen LogP contribution is 2.32. The van der Waals surface area contributed by atoms with Crippen LogP contribution in [-0.2, 0) is 24.3 Å². The van der Waals surface area contributed by atoms with E-state index in [1.807, 2.05) is 0 Å². The van der Waals surface area contributed by atoms with Crippen LogP contribution < -0.4 is 4.74 Å². The summed E-state index contributed by atoms with van der Waals surface area (Å²) in [6, 6.07) is 6.47. The normalized spacial score (nSPS) is 21.0. The maximum absolute atomic E-state index is 5.63. The molecule has 5 heteroatoms. The molecular formula is C19H25N3O2. The Kier molecular flexibility index (Phi) is 4.29. The quantitative estimate of drug-likeness (QED) is 0.938. The Bertz CT molecular complexity index is 725. The number of aromatic nitrogens is 2. The highest BCUT2D eigenvalue weighted by molar-refractivity contribution is 5.36. The number of hydrogen-bond donors (Lipinski definition) is 1. The van der Waals surface area contributed by atoms with Gasteiger partial charge >= 0.3 is 0 Å². The minimum atomic E-state index is 0.519. The number of rotatable bonds is 4. The van der Waals surface area contributed by atoms with Crippen molar-refractivity contribution in [3.8, 4) is 5.75 Å². The van der Waals surface area contributed by atoms with Crippen LogP contribution in [-0.4, -0.2) is 41.9 Å². The molecule has 2 aliphatic heterocycles. The first-order chi connectivity index (χ1) is 11.7. The van der Waals surface area contributed by atoms with Crippen LogP contribution in [0.5, 0.6) is 5.75 Å². The van der Waals surface area contributed by atoms with Gasteiger partial charge in [-0.1, -0.05) is 12.1 Å². The fourth-order valence-corrected chi connectivity index (χ4v) is 3.97. The Balaban J connectivity index is 1.43. The number of nitrogens with zero attached hydrogens (tertiary/aromatic N) is 2. The monoisotopic (exact) mass is 327 g/mol. The molecule has 24 heavy (non-hydrogen) atoms. The Morgan fingerprint density at radius 2 is 2.33 bits per heavy atom. The highest BCUT2D eigenvalue weighted by atomic mass is 16.5. The molecule has 1 aromatic carbocycles. The molecule has 2 aromatic rings. The number of methoxy groups -OCH3 is 1. The fraction of sp³-hybridized carbons (Fsp3) is 0.526. The van der Waals surface area contributed by atoms with Gasteiger partial charge in [0.1, 0.15) is 5.75 Å². The van der Waals surface area contributed by atoms with Gasteiger partial charge in [-0.15, -0.1) is 0 Å². The van der Waals surface area contributed by atoms with Gasteiger partial charge in [0.05, 0.1) is 26.0 Å². The number of aryl methyl sites for hydroxylation is 1. The summed E-state index contributed by atoms with van der Waals surface area (Å²) in [5.41, 5.74) is 6.37. The van der Waals surface area contributed by atoms with E-state index in [4.69, 9.17) is 9.47 Å². The molecule has 1 N–H and O–H groups in total. The molecule has 1 aromatic heterocycles. The third-order valence-corrected chi connectivity index (χ3v) is 5.25. The van der Waals surface area contributed by atoms with E-state index in [0.717, 1.165) is 45.0 Å². The molecule has 128 valence electrons. The van der Waals surface area contributed by atoms with Crippen LogP contribution in [0.4, 0.5) is 0 Å². The van der Waals surface area contributed by atoms with Crippen molar-refractivity contribution in [1.82, 2.24) is 15.1 Å². The van der Waals surface area contributed by atoms with Gasteiger partial charge in [0.2, 0.25) is 0 Å². The van der Waals surface area contributed by atoms with Crippen LogP contribution in [0.1, 0.15) is 40.4 Å². The summed E-state index contributed by atoms with van der Waals surface area (Å²) in [6.45, 7) is 6.81. The predicted octanol–water partition coefficient (Wildman–Crippen LogP) is 2.79. The number of fused-ring (bicyclic) bond motifs is 1. The van der Waals surface area contributed by atoms with E-state index in [9.17, 15) is 0 Å². The average molecular weight is 327 g/mol. The van der Waals surface area contributed by atoms with Crippen LogP contribution in [0, 0.1) is 6.92 Å². The Morgan fingerprint density at radius 1 is 1.42 bits per heavy atom. The van der Waals surface area contributed by atoms with Crippen molar-refractivity contribution >= 4 is 0 Å². The van der Waals surface area contributed by atoms with Crippen molar-refractivity contribution in [2.45, 2.75) is 38.8 Å². The molecule has 4 rings (SSSR count). The summed E-state index contributed by atoms with van der Waals surface area (Å²) in [5, 5.41) is 7.84. The average Bonchev–Trinajstić information content (AvgIpc) is 3.21. The van der Waals surface area contributed by atoms with Crippen molar-refractivity contribution in [1.29, 1.82) is 0 Å². The summed E-state index contributed by atoms with van der Waals surface area (Å²) in [5.74, 6) is 1.48. The first-order valence-corrected chi connectivity index (χ1v) is 8.74. The van der Waals surface area contributed by atoms with Gasteiger partial charge in [-0.3, -0.25) is 10.00 Å². The van der Waals surface area contributed by atoms with Gasteiger partial charge in [0.25, 0.3) is 0 Å². The molecule has 5 nitrogen and oxygen atoms in total. The van der Waals surface area contributed by atoms with E-state index >= 15 is 0 Å². The summed E-state index contributed by atoms with van der Waals surface area (Å²) >= 11 is 0. The predicted molar refractivity (Wildman–Crippen MR) is 92.3 cm³/mol. The van der Waals surface area contributed by atoms with Gasteiger partial charge < -0.3 is 9.47 Å². The molecule has 1 unspecified atom stereocenters. The van der Waals surface area contributed by atoms with Crippen LogP contribution in [0.2, 0.25) is 0 Å². The zero-order valence-electron chi connectivity index (χ0n) is 14.5. The van der Waals surface area contributed by atoms with Crippen molar-refractivity contribution in [3.05, 3.63) is 46.3 Å². The molecule has 0 amide bonds. The lowest BCUT2D eigenvalue weighted by atomic mass is 9.98. The van der Waals surface area contributed by atoms with E-state index < -0.39 is 0 Å². The molecule has 2 aliphatic rings. The molecule has 0 bridgehead atoms. The second-order valence-electron chi connectivity index (χ2n) is 6.89. The van der Waals surface area contributed by atoms with E-state index in [0.29, 0.717) is 5.92 Å². The van der Waals surface area contributed by atoms with Gasteiger partial charge in [0.15, 0.2) is 0 Å². The van der Waals surface area contributed by atoms with E-state index in [1.54, 1.807) is 7.11 Å². The third kappa shape index (κ3) is 2.94. The third-order valence-electron chi connectivity index (χ3n) is 5.25. The molecular weight excluding hydrogens is 302 g/mol. The number of hydrogen-bond acceptors (Lipinski definition) is 4. The maximum Gasteiger partial charge on any atom is 0.121 e. The van der Waals surface area contributed by atoms with Crippen LogP contribution >= 0.6 is 0 Å². The Morgan fingerprint density at radius 3 is 3.17 bits per heavy atom. The highest BCUT2D eigenvalue weighted by Gasteiger charge is 2.29. The summed E-state index contributed by atoms with van der Waals surface area (Å²) in [4.78, 5) is 2.52. The SMILES string of the molecule is COc1ccc(CN2CCC(c3n[nH]c4c3COCC4)C2)cc1C. The smallest absolute Gasteiger partial charge is 0.121 e. The van der Waals surface area contributed by atoms with E-state index in [-0.39, 0.29) is 0 Å². The van der Waals surface area contributed by atoms with Gasteiger partial charge in [-0.05, 0) is 37.1 Å². The zero-order valence-corrected chi connectivity index (χ0v) is 14.5. The largest absolute Gasteiger partial charge is 0.496 e. The number of ether oxygens (including phenoxy) is 2. The second kappa shape index (κ2) is 6.57. The number of aromatic amines is 1. The fourth-order valence-electron chi connectivity index (χ4n) is 3.97. The molecule has 0 saturated carbocycles. The minimum Gasteiger partial charge on any atom is -0.496 e. The topological polar surface area (TPSA) is 50.4 Å². The molecule has 1 fully saturated rings. The van der Waals surface area contributed by atoms with Gasteiger partial charge in [-0.25, -0.2) is 0 Å². The van der Waals surface area contributed by atoms with Crippen LogP contribution in [0.15, 0.2) is 18.2 Å². The van der Waals surface area contributed by atoms with Crippen molar-refractivity contribution in [2.24, 2.45) is 0 Å². The van der Waals surface area contributed by atoms with E-state index in [2.05, 4.69) is 40.2 Å². The Hall–Kier alpha value is -1.85. The maximum atomic E-state index is 5.63. The lowest BCUT2D eigenvalue weighted by Gasteiger charge is -2.18. The summed E-state index contributed by atoms with van der Waals surface area (Å²) in [6.07, 6.45) is 2.14.